The third kappa shape index (κ3) is 17.3. The zero-order valence-corrected chi connectivity index (χ0v) is 14.2. The van der Waals surface area contributed by atoms with Crippen LogP contribution in [0.3, 0.4) is 0 Å². The molecule has 12 heteroatoms. The maximum atomic E-state index is 10.6. The maximum absolute atomic E-state index is 10.6. The van der Waals surface area contributed by atoms with E-state index in [0.29, 0.717) is 0 Å². The third-order valence-corrected chi connectivity index (χ3v) is 4.52. The lowest BCUT2D eigenvalue weighted by Gasteiger charge is -2.07. The largest absolute Gasteiger partial charge is 0.480 e. The van der Waals surface area contributed by atoms with Gasteiger partial charge in [0.15, 0.2) is 14.7 Å². The fraction of sp³-hybridized carbons (Fsp3) is 0.800. The van der Waals surface area contributed by atoms with Gasteiger partial charge in [-0.25, -0.2) is 0 Å². The SMILES string of the molecule is CP(=O)(O)CC[C@H](N)C(=O)O.CP(=O)(O)CC[C@H](N)C(=O)O. The summed E-state index contributed by atoms with van der Waals surface area (Å²) in [6, 6.07) is -2.06. The molecule has 0 rings (SSSR count). The first kappa shape index (κ1) is 23.5. The van der Waals surface area contributed by atoms with Crippen molar-refractivity contribution in [3.05, 3.63) is 0 Å². The summed E-state index contributed by atoms with van der Waals surface area (Å²) in [4.78, 5) is 37.8. The Hall–Kier alpha value is -0.760. The van der Waals surface area contributed by atoms with Crippen LogP contribution in [-0.2, 0) is 18.7 Å². The molecule has 0 saturated carbocycles. The number of carboxylic acids is 2. The van der Waals surface area contributed by atoms with E-state index < -0.39 is 38.8 Å². The number of nitrogens with two attached hydrogens (primary N) is 2. The summed E-state index contributed by atoms with van der Waals surface area (Å²) in [5.74, 6) is -2.28. The first-order valence-corrected chi connectivity index (χ1v) is 10.8. The Kier molecular flexibility index (Phi) is 10.8. The van der Waals surface area contributed by atoms with Crippen LogP contribution in [0, 0.1) is 0 Å². The first-order chi connectivity index (χ1) is 9.65. The Balaban J connectivity index is 0. The molecule has 0 aromatic carbocycles. The lowest BCUT2D eigenvalue weighted by molar-refractivity contribution is -0.139. The number of aliphatic carboxylic acids is 2. The van der Waals surface area contributed by atoms with Crippen molar-refractivity contribution < 1.29 is 38.7 Å². The highest BCUT2D eigenvalue weighted by atomic mass is 31.2. The van der Waals surface area contributed by atoms with Crippen LogP contribution in [0.5, 0.6) is 0 Å². The molecular weight excluding hydrogens is 338 g/mol. The van der Waals surface area contributed by atoms with Gasteiger partial charge in [0.2, 0.25) is 0 Å². The molecule has 0 aliphatic carbocycles. The summed E-state index contributed by atoms with van der Waals surface area (Å²) in [6.07, 6.45) is 0.000154. The van der Waals surface area contributed by atoms with Crippen molar-refractivity contribution >= 4 is 26.7 Å². The van der Waals surface area contributed by atoms with Crippen LogP contribution in [0.1, 0.15) is 12.8 Å². The van der Waals surface area contributed by atoms with E-state index in [0.717, 1.165) is 0 Å². The van der Waals surface area contributed by atoms with E-state index >= 15 is 0 Å². The van der Waals surface area contributed by atoms with Crippen molar-refractivity contribution in [2.24, 2.45) is 11.5 Å². The summed E-state index contributed by atoms with van der Waals surface area (Å²) in [6.45, 7) is 2.36. The predicted octanol–water partition coefficient (Wildman–Crippen LogP) is -0.623. The molecule has 8 N–H and O–H groups in total. The fourth-order valence-corrected chi connectivity index (χ4v) is 2.52. The van der Waals surface area contributed by atoms with Gasteiger partial charge in [-0.05, 0) is 12.8 Å². The second-order valence-electron chi connectivity index (χ2n) is 5.02. The van der Waals surface area contributed by atoms with Gasteiger partial charge in [0.1, 0.15) is 12.1 Å². The van der Waals surface area contributed by atoms with Gasteiger partial charge in [-0.1, -0.05) is 0 Å². The van der Waals surface area contributed by atoms with E-state index in [1.165, 1.54) is 13.3 Å². The highest BCUT2D eigenvalue weighted by molar-refractivity contribution is 7.57. The molecule has 0 heterocycles. The molecule has 0 saturated heterocycles. The van der Waals surface area contributed by atoms with Gasteiger partial charge < -0.3 is 31.5 Å². The lowest BCUT2D eigenvalue weighted by Crippen LogP contribution is -2.30. The average Bonchev–Trinajstić information content (AvgIpc) is 2.31. The van der Waals surface area contributed by atoms with Crippen molar-refractivity contribution in [3.63, 3.8) is 0 Å². The Morgan fingerprint density at radius 1 is 0.864 bits per heavy atom. The van der Waals surface area contributed by atoms with Gasteiger partial charge in [-0.3, -0.25) is 18.7 Å². The van der Waals surface area contributed by atoms with E-state index in [-0.39, 0.29) is 25.2 Å². The molecule has 10 nitrogen and oxygen atoms in total. The van der Waals surface area contributed by atoms with Crippen molar-refractivity contribution in [2.45, 2.75) is 24.9 Å². The second kappa shape index (κ2) is 10.1. The van der Waals surface area contributed by atoms with E-state index in [1.807, 2.05) is 0 Å². The molecule has 22 heavy (non-hydrogen) atoms. The Labute approximate surface area is 128 Å². The molecule has 4 atom stereocenters. The van der Waals surface area contributed by atoms with Crippen LogP contribution in [0.4, 0.5) is 0 Å². The summed E-state index contributed by atoms with van der Waals surface area (Å²) in [7, 11) is -6.21. The number of carbonyl (C=O) groups is 2. The van der Waals surface area contributed by atoms with Crippen LogP contribution in [-0.4, -0.2) is 69.7 Å². The van der Waals surface area contributed by atoms with Gasteiger partial charge in [-0.2, -0.15) is 0 Å². The molecule has 0 fully saturated rings. The van der Waals surface area contributed by atoms with Crippen molar-refractivity contribution in [1.29, 1.82) is 0 Å². The zero-order chi connectivity index (χ0) is 18.1. The first-order valence-electron chi connectivity index (χ1n) is 6.21. The van der Waals surface area contributed by atoms with Crippen molar-refractivity contribution in [1.82, 2.24) is 0 Å². The molecule has 0 aliphatic rings. The van der Waals surface area contributed by atoms with Gasteiger partial charge in [0, 0.05) is 25.7 Å². The smallest absolute Gasteiger partial charge is 0.320 e. The van der Waals surface area contributed by atoms with E-state index in [2.05, 4.69) is 0 Å². The van der Waals surface area contributed by atoms with Gasteiger partial charge in [0.25, 0.3) is 0 Å². The number of hydrogen-bond acceptors (Lipinski definition) is 6. The quantitative estimate of drug-likeness (QED) is 0.302. The summed E-state index contributed by atoms with van der Waals surface area (Å²) in [5.41, 5.74) is 10.2. The second-order valence-corrected chi connectivity index (χ2v) is 10.1. The molecular formula is C10H24N2O8P2. The van der Waals surface area contributed by atoms with E-state index in [1.54, 1.807) is 0 Å². The number of carboxylic acid groups (broad SMARTS) is 2. The Morgan fingerprint density at radius 3 is 1.23 bits per heavy atom. The van der Waals surface area contributed by atoms with Gasteiger partial charge >= 0.3 is 11.9 Å². The molecule has 132 valence electrons. The Morgan fingerprint density at radius 2 is 1.09 bits per heavy atom. The number of hydrogen-bond donors (Lipinski definition) is 6. The summed E-state index contributed by atoms with van der Waals surface area (Å²) < 4.78 is 21.3. The Bertz CT molecular complexity index is 416. The zero-order valence-electron chi connectivity index (χ0n) is 12.5. The van der Waals surface area contributed by atoms with Crippen molar-refractivity contribution in [2.75, 3.05) is 25.7 Å². The molecule has 0 aromatic heterocycles. The topological polar surface area (TPSA) is 201 Å². The monoisotopic (exact) mass is 362 g/mol. The van der Waals surface area contributed by atoms with Gasteiger partial charge in [0.05, 0.1) is 0 Å². The molecule has 2 unspecified atom stereocenters. The van der Waals surface area contributed by atoms with Crippen LogP contribution < -0.4 is 11.5 Å². The van der Waals surface area contributed by atoms with Crippen molar-refractivity contribution in [3.8, 4) is 0 Å². The third-order valence-electron chi connectivity index (χ3n) is 2.34. The van der Waals surface area contributed by atoms with Crippen LogP contribution >= 0.6 is 14.7 Å². The van der Waals surface area contributed by atoms with Gasteiger partial charge in [-0.15, -0.1) is 0 Å². The van der Waals surface area contributed by atoms with E-state index in [9.17, 15) is 18.7 Å². The average molecular weight is 362 g/mol. The van der Waals surface area contributed by atoms with Crippen LogP contribution in [0.25, 0.3) is 0 Å². The van der Waals surface area contributed by atoms with Crippen LogP contribution in [0.15, 0.2) is 0 Å². The minimum atomic E-state index is -3.10. The van der Waals surface area contributed by atoms with Crippen LogP contribution in [0.2, 0.25) is 0 Å². The number of rotatable bonds is 8. The normalized spacial score (nSPS) is 18.8. The minimum Gasteiger partial charge on any atom is -0.480 e. The predicted molar refractivity (Wildman–Crippen MR) is 81.7 cm³/mol. The highest BCUT2D eigenvalue weighted by Crippen LogP contribution is 2.36. The standard InChI is InChI=1S/2C5H12NO4P/c2*1-11(9,10)3-2-4(6)5(7)8/h2*4H,2-3,6H2,1H3,(H,7,8)(H,9,10)/t2*4-/m00/s1. The molecule has 0 radical (unpaired) electrons. The maximum Gasteiger partial charge on any atom is 0.320 e. The highest BCUT2D eigenvalue weighted by Gasteiger charge is 2.17. The molecule has 0 bridgehead atoms. The summed E-state index contributed by atoms with van der Waals surface area (Å²) >= 11 is 0. The summed E-state index contributed by atoms with van der Waals surface area (Å²) in [5, 5.41) is 16.6. The molecule has 0 aromatic rings. The lowest BCUT2D eigenvalue weighted by atomic mass is 10.2. The molecule has 0 aliphatic heterocycles. The molecule has 0 spiro atoms. The molecule has 0 amide bonds. The fourth-order valence-electron chi connectivity index (χ4n) is 1.00. The van der Waals surface area contributed by atoms with E-state index in [4.69, 9.17) is 31.5 Å². The minimum absolute atomic E-state index is 0.0412.